The van der Waals surface area contributed by atoms with Crippen LogP contribution in [0, 0.1) is 0 Å². The topological polar surface area (TPSA) is 27.7 Å². The van der Waals surface area contributed by atoms with E-state index < -0.39 is 55.3 Å². The second kappa shape index (κ2) is 4.04. The van der Waals surface area contributed by atoms with Crippen molar-refractivity contribution in [3.05, 3.63) is 24.2 Å². The van der Waals surface area contributed by atoms with Crippen LogP contribution in [-0.4, -0.2) is 25.4 Å². The van der Waals surface area contributed by atoms with E-state index in [-0.39, 0.29) is 5.46 Å². The maximum Gasteiger partial charge on any atom is 0.494 e. The van der Waals surface area contributed by atoms with Gasteiger partial charge in [0.15, 0.2) is 0 Å². The SMILES string of the molecule is [2H]c1c([2H])c(B2OC(C)(C)C(C)(C)O2)c([2H])c([2H])c1OC([2H])([2H])[2H]. The summed E-state index contributed by atoms with van der Waals surface area (Å²) in [6.45, 7) is 7.20. The van der Waals surface area contributed by atoms with Gasteiger partial charge >= 0.3 is 7.12 Å². The number of ether oxygens (including phenoxy) is 1. The number of hydrogen-bond donors (Lipinski definition) is 0. The molecule has 1 aromatic carbocycles. The molecule has 1 aliphatic heterocycles. The largest absolute Gasteiger partial charge is 0.497 e. The zero-order valence-electron chi connectivity index (χ0n) is 17.3. The number of hydrogen-bond acceptors (Lipinski definition) is 3. The van der Waals surface area contributed by atoms with Crippen LogP contribution in [0.15, 0.2) is 24.2 Å². The van der Waals surface area contributed by atoms with E-state index in [9.17, 15) is 0 Å². The molecule has 92 valence electrons. The molecule has 4 heteroatoms. The van der Waals surface area contributed by atoms with Gasteiger partial charge in [0.05, 0.1) is 27.8 Å². The molecule has 1 saturated heterocycles. The summed E-state index contributed by atoms with van der Waals surface area (Å²) in [7, 11) is -3.97. The van der Waals surface area contributed by atoms with Crippen molar-refractivity contribution >= 4 is 12.6 Å². The second-order valence-electron chi connectivity index (χ2n) is 4.93. The molecule has 3 nitrogen and oxygen atoms in total. The minimum absolute atomic E-state index is 0.0819. The Bertz CT molecular complexity index is 628. The van der Waals surface area contributed by atoms with Gasteiger partial charge in [-0.3, -0.25) is 0 Å². The van der Waals surface area contributed by atoms with Crippen LogP contribution in [0.5, 0.6) is 5.75 Å². The van der Waals surface area contributed by atoms with Gasteiger partial charge < -0.3 is 14.0 Å². The van der Waals surface area contributed by atoms with E-state index in [2.05, 4.69) is 4.74 Å². The summed E-state index contributed by atoms with van der Waals surface area (Å²) in [5.41, 5.74) is -1.51. The standard InChI is InChI=1S/C13H19BO3/c1-12(2)13(3,4)17-14(16-12)10-6-8-11(15-5)9-7-10/h6-9H,1-5H3/i5D3,6D,7D,8D,9D. The summed E-state index contributed by atoms with van der Waals surface area (Å²) < 4.78 is 69.6. The van der Waals surface area contributed by atoms with Crippen molar-refractivity contribution in [2.75, 3.05) is 7.04 Å². The molecule has 1 fully saturated rings. The summed E-state index contributed by atoms with van der Waals surface area (Å²) in [5, 5.41) is 0. The Hall–Kier alpha value is -0.995. The zero-order valence-corrected chi connectivity index (χ0v) is 10.3. The molecule has 1 aromatic rings. The van der Waals surface area contributed by atoms with Crippen LogP contribution in [0.3, 0.4) is 0 Å². The zero-order chi connectivity index (χ0) is 18.7. The van der Waals surface area contributed by atoms with Gasteiger partial charge in [-0.1, -0.05) is 12.1 Å². The van der Waals surface area contributed by atoms with Gasteiger partial charge in [0.25, 0.3) is 0 Å². The summed E-state index contributed by atoms with van der Waals surface area (Å²) in [6.07, 6.45) is 0. The van der Waals surface area contributed by atoms with Gasteiger partial charge in [0, 0.05) is 0 Å². The predicted octanol–water partition coefficient (Wildman–Crippen LogP) is 1.99. The van der Waals surface area contributed by atoms with E-state index in [1.54, 1.807) is 27.7 Å². The van der Waals surface area contributed by atoms with Crippen LogP contribution in [0.4, 0.5) is 0 Å². The monoisotopic (exact) mass is 241 g/mol. The van der Waals surface area contributed by atoms with Crippen molar-refractivity contribution in [1.29, 1.82) is 0 Å². The van der Waals surface area contributed by atoms with Crippen molar-refractivity contribution in [2.24, 2.45) is 0 Å². The quantitative estimate of drug-likeness (QED) is 0.741. The highest BCUT2D eigenvalue weighted by Crippen LogP contribution is 2.36. The molecule has 0 aliphatic carbocycles. The normalized spacial score (nSPS) is 28.2. The molecule has 0 radical (unpaired) electrons. The minimum Gasteiger partial charge on any atom is -0.497 e. The van der Waals surface area contributed by atoms with Gasteiger partial charge in [-0.15, -0.1) is 0 Å². The Labute approximate surface area is 113 Å². The molecular formula is C13H19BO3. The molecule has 1 aliphatic rings. The van der Waals surface area contributed by atoms with Crippen LogP contribution < -0.4 is 10.2 Å². The molecule has 17 heavy (non-hydrogen) atoms. The smallest absolute Gasteiger partial charge is 0.494 e. The van der Waals surface area contributed by atoms with Crippen molar-refractivity contribution in [3.8, 4) is 5.75 Å². The average Bonchev–Trinajstić information content (AvgIpc) is 2.60. The summed E-state index contributed by atoms with van der Waals surface area (Å²) in [6, 6.07) is -2.07. The molecule has 0 unspecified atom stereocenters. The molecule has 0 spiro atoms. The molecule has 2 rings (SSSR count). The second-order valence-corrected chi connectivity index (χ2v) is 4.93. The van der Waals surface area contributed by atoms with E-state index in [0.717, 1.165) is 0 Å². The molecule has 0 amide bonds. The Morgan fingerprint density at radius 1 is 1.12 bits per heavy atom. The lowest BCUT2D eigenvalue weighted by atomic mass is 9.79. The van der Waals surface area contributed by atoms with Gasteiger partial charge in [-0.2, -0.15) is 0 Å². The maximum absolute atomic E-state index is 8.09. The number of rotatable bonds is 2. The fraction of sp³-hybridized carbons (Fsp3) is 0.538. The highest BCUT2D eigenvalue weighted by molar-refractivity contribution is 6.62. The van der Waals surface area contributed by atoms with Crippen LogP contribution in [-0.2, 0) is 9.31 Å². The molecule has 0 saturated carbocycles. The van der Waals surface area contributed by atoms with Gasteiger partial charge in [0.2, 0.25) is 0 Å². The Kier molecular flexibility index (Phi) is 1.48. The van der Waals surface area contributed by atoms with Crippen LogP contribution in [0.1, 0.15) is 37.3 Å². The third-order valence-corrected chi connectivity index (χ3v) is 3.21. The Morgan fingerprint density at radius 2 is 1.65 bits per heavy atom. The summed E-state index contributed by atoms with van der Waals surface area (Å²) >= 11 is 0. The number of benzene rings is 1. The van der Waals surface area contributed by atoms with Crippen molar-refractivity contribution < 1.29 is 23.6 Å². The van der Waals surface area contributed by atoms with Crippen LogP contribution >= 0.6 is 0 Å². The summed E-state index contributed by atoms with van der Waals surface area (Å²) in [5.74, 6) is -0.620. The minimum atomic E-state index is -2.88. The predicted molar refractivity (Wildman–Crippen MR) is 68.7 cm³/mol. The molecule has 0 bridgehead atoms. The van der Waals surface area contributed by atoms with Crippen LogP contribution in [0.2, 0.25) is 0 Å². The third kappa shape index (κ3) is 2.19. The first kappa shape index (κ1) is 6.25. The fourth-order valence-electron chi connectivity index (χ4n) is 1.44. The first-order valence-electron chi connectivity index (χ1n) is 8.83. The van der Waals surface area contributed by atoms with Gasteiger partial charge in [0.1, 0.15) is 5.75 Å². The number of methoxy groups -OCH3 is 1. The molecular weight excluding hydrogens is 215 g/mol. The Balaban J connectivity index is 2.55. The fourth-order valence-corrected chi connectivity index (χ4v) is 1.44. The highest BCUT2D eigenvalue weighted by Gasteiger charge is 2.51. The van der Waals surface area contributed by atoms with E-state index in [0.29, 0.717) is 0 Å². The molecule has 1 heterocycles. The summed E-state index contributed by atoms with van der Waals surface area (Å²) in [4.78, 5) is 0. The first-order valence-corrected chi connectivity index (χ1v) is 5.33. The lowest BCUT2D eigenvalue weighted by Crippen LogP contribution is -2.41. The molecule has 0 aromatic heterocycles. The third-order valence-electron chi connectivity index (χ3n) is 3.21. The molecule has 0 atom stereocenters. The maximum atomic E-state index is 8.09. The van der Waals surface area contributed by atoms with Crippen molar-refractivity contribution in [2.45, 2.75) is 38.9 Å². The van der Waals surface area contributed by atoms with E-state index in [1.807, 2.05) is 0 Å². The first-order chi connectivity index (χ1) is 10.7. The lowest BCUT2D eigenvalue weighted by molar-refractivity contribution is 0.00578. The Morgan fingerprint density at radius 3 is 2.12 bits per heavy atom. The average molecular weight is 241 g/mol. The van der Waals surface area contributed by atoms with Gasteiger partial charge in [-0.25, -0.2) is 0 Å². The van der Waals surface area contributed by atoms with E-state index in [4.69, 9.17) is 18.9 Å². The van der Waals surface area contributed by atoms with Crippen molar-refractivity contribution in [1.82, 2.24) is 0 Å². The van der Waals surface area contributed by atoms with Crippen molar-refractivity contribution in [3.63, 3.8) is 0 Å². The van der Waals surface area contributed by atoms with Gasteiger partial charge in [-0.05, 0) is 45.2 Å². The molecule has 0 N–H and O–H groups in total. The highest BCUT2D eigenvalue weighted by atomic mass is 16.7. The lowest BCUT2D eigenvalue weighted by Gasteiger charge is -2.32. The van der Waals surface area contributed by atoms with E-state index >= 15 is 0 Å². The van der Waals surface area contributed by atoms with E-state index in [1.165, 1.54) is 0 Å². The van der Waals surface area contributed by atoms with Crippen LogP contribution in [0.25, 0.3) is 0 Å².